The molecule has 0 aliphatic rings. The van der Waals surface area contributed by atoms with Crippen LogP contribution in [0.2, 0.25) is 0 Å². The minimum absolute atomic E-state index is 0.170. The standard InChI is InChI=1S/C18H18FNO3/c1-3-4-13-5-10-16(17(11-13)22-2)23-12-18(21)20-15-8-6-14(19)7-9-15/h3-11H,12H2,1-2H3,(H,20,21)/b4-3+. The average Bonchev–Trinajstić information content (AvgIpc) is 2.56. The smallest absolute Gasteiger partial charge is 0.262 e. The van der Waals surface area contributed by atoms with Crippen molar-refractivity contribution in [2.45, 2.75) is 6.92 Å². The van der Waals surface area contributed by atoms with Gasteiger partial charge in [0.25, 0.3) is 5.91 Å². The molecule has 0 atom stereocenters. The Bertz CT molecular complexity index is 696. The first-order valence-electron chi connectivity index (χ1n) is 7.11. The molecule has 23 heavy (non-hydrogen) atoms. The van der Waals surface area contributed by atoms with Gasteiger partial charge in [-0.1, -0.05) is 18.2 Å². The third kappa shape index (κ3) is 4.85. The van der Waals surface area contributed by atoms with Gasteiger partial charge < -0.3 is 14.8 Å². The fourth-order valence-corrected chi connectivity index (χ4v) is 1.97. The van der Waals surface area contributed by atoms with E-state index in [1.807, 2.05) is 31.2 Å². The van der Waals surface area contributed by atoms with Gasteiger partial charge in [-0.2, -0.15) is 0 Å². The van der Waals surface area contributed by atoms with E-state index in [1.165, 1.54) is 24.3 Å². The molecule has 0 fully saturated rings. The Kier molecular flexibility index (Phi) is 5.74. The SMILES string of the molecule is C/C=C/c1ccc(OCC(=O)Nc2ccc(F)cc2)c(OC)c1. The fourth-order valence-electron chi connectivity index (χ4n) is 1.97. The second kappa shape index (κ2) is 7.98. The van der Waals surface area contributed by atoms with Crippen molar-refractivity contribution >= 4 is 17.7 Å². The number of hydrogen-bond acceptors (Lipinski definition) is 3. The van der Waals surface area contributed by atoms with Crippen molar-refractivity contribution in [3.63, 3.8) is 0 Å². The van der Waals surface area contributed by atoms with Crippen LogP contribution in [0.1, 0.15) is 12.5 Å². The lowest BCUT2D eigenvalue weighted by Gasteiger charge is -2.11. The minimum Gasteiger partial charge on any atom is -0.493 e. The molecule has 5 heteroatoms. The van der Waals surface area contributed by atoms with Crippen LogP contribution in [0.4, 0.5) is 10.1 Å². The van der Waals surface area contributed by atoms with E-state index in [4.69, 9.17) is 9.47 Å². The summed E-state index contributed by atoms with van der Waals surface area (Å²) in [5, 5.41) is 2.63. The van der Waals surface area contributed by atoms with Crippen molar-refractivity contribution in [3.05, 3.63) is 59.9 Å². The zero-order chi connectivity index (χ0) is 16.7. The molecule has 0 aromatic heterocycles. The topological polar surface area (TPSA) is 47.6 Å². The largest absolute Gasteiger partial charge is 0.493 e. The van der Waals surface area contributed by atoms with Gasteiger partial charge >= 0.3 is 0 Å². The number of allylic oxidation sites excluding steroid dienone is 1. The highest BCUT2D eigenvalue weighted by atomic mass is 19.1. The third-order valence-electron chi connectivity index (χ3n) is 3.03. The molecule has 2 rings (SSSR count). The van der Waals surface area contributed by atoms with Crippen LogP contribution in [0.15, 0.2) is 48.5 Å². The lowest BCUT2D eigenvalue weighted by atomic mass is 10.2. The number of rotatable bonds is 6. The zero-order valence-electron chi connectivity index (χ0n) is 13.0. The molecular weight excluding hydrogens is 297 g/mol. The summed E-state index contributed by atoms with van der Waals surface area (Å²) in [6.07, 6.45) is 3.86. The van der Waals surface area contributed by atoms with E-state index in [2.05, 4.69) is 5.32 Å². The Balaban J connectivity index is 1.97. The van der Waals surface area contributed by atoms with Gasteiger partial charge in [0.15, 0.2) is 18.1 Å². The van der Waals surface area contributed by atoms with Crippen molar-refractivity contribution in [1.82, 2.24) is 0 Å². The van der Waals surface area contributed by atoms with Crippen LogP contribution >= 0.6 is 0 Å². The Morgan fingerprint density at radius 1 is 1.17 bits per heavy atom. The number of nitrogens with one attached hydrogen (secondary N) is 1. The van der Waals surface area contributed by atoms with E-state index in [9.17, 15) is 9.18 Å². The van der Waals surface area contributed by atoms with Crippen LogP contribution in [-0.4, -0.2) is 19.6 Å². The molecule has 0 aliphatic heterocycles. The minimum atomic E-state index is -0.356. The Labute approximate surface area is 134 Å². The van der Waals surface area contributed by atoms with E-state index in [0.717, 1.165) is 5.56 Å². The van der Waals surface area contributed by atoms with Crippen molar-refractivity contribution in [1.29, 1.82) is 0 Å². The maximum atomic E-state index is 12.8. The third-order valence-corrected chi connectivity index (χ3v) is 3.03. The molecule has 4 nitrogen and oxygen atoms in total. The van der Waals surface area contributed by atoms with Crippen molar-refractivity contribution in [3.8, 4) is 11.5 Å². The van der Waals surface area contributed by atoms with Crippen molar-refractivity contribution < 1.29 is 18.7 Å². The van der Waals surface area contributed by atoms with E-state index < -0.39 is 0 Å². The average molecular weight is 315 g/mol. The van der Waals surface area contributed by atoms with Crippen molar-refractivity contribution in [2.24, 2.45) is 0 Å². The molecule has 2 aromatic rings. The molecule has 0 radical (unpaired) electrons. The van der Waals surface area contributed by atoms with Gasteiger partial charge in [-0.15, -0.1) is 0 Å². The second-order valence-electron chi connectivity index (χ2n) is 4.75. The van der Waals surface area contributed by atoms with E-state index in [1.54, 1.807) is 13.2 Å². The van der Waals surface area contributed by atoms with E-state index in [-0.39, 0.29) is 18.3 Å². The number of ether oxygens (including phenoxy) is 2. The monoisotopic (exact) mass is 315 g/mol. The maximum Gasteiger partial charge on any atom is 0.262 e. The van der Waals surface area contributed by atoms with Gasteiger partial charge in [0.2, 0.25) is 0 Å². The number of carbonyl (C=O) groups excluding carboxylic acids is 1. The summed E-state index contributed by atoms with van der Waals surface area (Å²) >= 11 is 0. The van der Waals surface area contributed by atoms with Crippen LogP contribution in [0, 0.1) is 5.82 Å². The van der Waals surface area contributed by atoms with Gasteiger partial charge in [0, 0.05) is 5.69 Å². The summed E-state index contributed by atoms with van der Waals surface area (Å²) < 4.78 is 23.6. The van der Waals surface area contributed by atoms with Crippen LogP contribution in [0.25, 0.3) is 6.08 Å². The Morgan fingerprint density at radius 3 is 2.57 bits per heavy atom. The summed E-state index contributed by atoms with van der Waals surface area (Å²) in [5.41, 5.74) is 1.49. The predicted molar refractivity (Wildman–Crippen MR) is 88.2 cm³/mol. The first-order chi connectivity index (χ1) is 11.1. The molecule has 1 amide bonds. The number of methoxy groups -OCH3 is 1. The first-order valence-corrected chi connectivity index (χ1v) is 7.11. The number of carbonyl (C=O) groups is 1. The van der Waals surface area contributed by atoms with Gasteiger partial charge in [0.1, 0.15) is 5.82 Å². The molecule has 0 unspecified atom stereocenters. The molecule has 120 valence electrons. The highest BCUT2D eigenvalue weighted by Gasteiger charge is 2.08. The molecular formula is C18H18FNO3. The summed E-state index contributed by atoms with van der Waals surface area (Å²) in [6.45, 7) is 1.76. The number of hydrogen-bond donors (Lipinski definition) is 1. The highest BCUT2D eigenvalue weighted by molar-refractivity contribution is 5.91. The normalized spacial score (nSPS) is 10.6. The molecule has 0 saturated heterocycles. The van der Waals surface area contributed by atoms with E-state index in [0.29, 0.717) is 17.2 Å². The van der Waals surface area contributed by atoms with Crippen LogP contribution in [0.3, 0.4) is 0 Å². The van der Waals surface area contributed by atoms with Crippen LogP contribution in [-0.2, 0) is 4.79 Å². The van der Waals surface area contributed by atoms with Gasteiger partial charge in [-0.25, -0.2) is 4.39 Å². The molecule has 0 heterocycles. The number of anilines is 1. The number of amides is 1. The number of benzene rings is 2. The molecule has 0 saturated carbocycles. The lowest BCUT2D eigenvalue weighted by molar-refractivity contribution is -0.118. The van der Waals surface area contributed by atoms with Crippen LogP contribution < -0.4 is 14.8 Å². The first kappa shape index (κ1) is 16.5. The summed E-state index contributed by atoms with van der Waals surface area (Å²) in [5.74, 6) is 0.339. The zero-order valence-corrected chi connectivity index (χ0v) is 13.0. The van der Waals surface area contributed by atoms with E-state index >= 15 is 0 Å². The molecule has 2 aromatic carbocycles. The summed E-state index contributed by atoms with van der Waals surface area (Å²) in [7, 11) is 1.54. The second-order valence-corrected chi connectivity index (χ2v) is 4.75. The predicted octanol–water partition coefficient (Wildman–Crippen LogP) is 3.88. The Morgan fingerprint density at radius 2 is 1.91 bits per heavy atom. The molecule has 0 aliphatic carbocycles. The quantitative estimate of drug-likeness (QED) is 0.880. The molecule has 1 N–H and O–H groups in total. The fraction of sp³-hybridized carbons (Fsp3) is 0.167. The van der Waals surface area contributed by atoms with Crippen molar-refractivity contribution in [2.75, 3.05) is 19.0 Å². The maximum absolute atomic E-state index is 12.8. The number of halogens is 1. The Hall–Kier alpha value is -2.82. The van der Waals surface area contributed by atoms with Gasteiger partial charge in [0.05, 0.1) is 7.11 Å². The summed E-state index contributed by atoms with van der Waals surface area (Å²) in [6, 6.07) is 11.0. The molecule has 0 spiro atoms. The highest BCUT2D eigenvalue weighted by Crippen LogP contribution is 2.28. The molecule has 0 bridgehead atoms. The van der Waals surface area contributed by atoms with Crippen LogP contribution in [0.5, 0.6) is 11.5 Å². The summed E-state index contributed by atoms with van der Waals surface area (Å²) in [4.78, 5) is 11.9. The van der Waals surface area contributed by atoms with Gasteiger partial charge in [-0.3, -0.25) is 4.79 Å². The van der Waals surface area contributed by atoms with Gasteiger partial charge in [-0.05, 0) is 48.9 Å². The lowest BCUT2D eigenvalue weighted by Crippen LogP contribution is -2.20.